The first-order chi connectivity index (χ1) is 14.2. The highest BCUT2D eigenvalue weighted by Gasteiger charge is 2.33. The number of hydrogen-bond donors (Lipinski definition) is 1. The van der Waals surface area contributed by atoms with Gasteiger partial charge in [-0.1, -0.05) is 18.9 Å². The number of aromatic nitrogens is 2. The zero-order valence-corrected chi connectivity index (χ0v) is 17.4. The van der Waals surface area contributed by atoms with E-state index in [9.17, 15) is 9.59 Å². The summed E-state index contributed by atoms with van der Waals surface area (Å²) in [6.07, 6.45) is 9.02. The molecule has 1 aliphatic heterocycles. The highest BCUT2D eigenvalue weighted by molar-refractivity contribution is 7.07. The summed E-state index contributed by atoms with van der Waals surface area (Å²) in [5, 5.41) is 5.07. The topological polar surface area (TPSA) is 75.2 Å². The van der Waals surface area contributed by atoms with E-state index < -0.39 is 0 Å². The largest absolute Gasteiger partial charge is 0.347 e. The van der Waals surface area contributed by atoms with E-state index in [0.29, 0.717) is 24.6 Å². The van der Waals surface area contributed by atoms with E-state index >= 15 is 0 Å². The number of piperidine rings is 1. The van der Waals surface area contributed by atoms with Crippen LogP contribution in [0.25, 0.3) is 0 Å². The van der Waals surface area contributed by atoms with Crippen LogP contribution in [0.3, 0.4) is 0 Å². The van der Waals surface area contributed by atoms with Crippen molar-refractivity contribution in [2.45, 2.75) is 51.0 Å². The fourth-order valence-electron chi connectivity index (χ4n) is 4.65. The molecule has 7 heteroatoms. The number of hydrogen-bond acceptors (Lipinski definition) is 5. The molecule has 1 aliphatic carbocycles. The Morgan fingerprint density at radius 1 is 1.17 bits per heavy atom. The Hall–Kier alpha value is -2.28. The van der Waals surface area contributed by atoms with Crippen molar-refractivity contribution in [1.29, 1.82) is 0 Å². The second kappa shape index (κ2) is 9.48. The number of amides is 2. The Labute approximate surface area is 175 Å². The quantitative estimate of drug-likeness (QED) is 0.782. The summed E-state index contributed by atoms with van der Waals surface area (Å²) >= 11 is 1.43. The minimum atomic E-state index is -0.170. The average Bonchev–Trinajstić information content (AvgIpc) is 3.47. The van der Waals surface area contributed by atoms with Gasteiger partial charge >= 0.3 is 0 Å². The molecule has 0 radical (unpaired) electrons. The van der Waals surface area contributed by atoms with Gasteiger partial charge in [-0.25, -0.2) is 4.98 Å². The molecule has 0 bridgehead atoms. The molecule has 3 heterocycles. The zero-order valence-electron chi connectivity index (χ0n) is 16.6. The van der Waals surface area contributed by atoms with Crippen molar-refractivity contribution < 1.29 is 9.59 Å². The molecular formula is C22H28N4O2S. The highest BCUT2D eigenvalue weighted by atomic mass is 32.1. The molecule has 1 saturated carbocycles. The fraction of sp³-hybridized carbons (Fsp3) is 0.545. The van der Waals surface area contributed by atoms with Gasteiger partial charge in [0.1, 0.15) is 5.69 Å². The van der Waals surface area contributed by atoms with Gasteiger partial charge < -0.3 is 10.2 Å². The molecule has 2 aromatic heterocycles. The molecule has 2 atom stereocenters. The van der Waals surface area contributed by atoms with Crippen LogP contribution in [0, 0.1) is 11.8 Å². The van der Waals surface area contributed by atoms with Crippen molar-refractivity contribution in [2.24, 2.45) is 11.8 Å². The van der Waals surface area contributed by atoms with E-state index in [1.807, 2.05) is 23.1 Å². The lowest BCUT2D eigenvalue weighted by molar-refractivity contribution is -0.123. The van der Waals surface area contributed by atoms with E-state index in [1.165, 1.54) is 24.2 Å². The Bertz CT molecular complexity index is 805. The van der Waals surface area contributed by atoms with Gasteiger partial charge in [-0.05, 0) is 43.7 Å². The maximum atomic E-state index is 12.8. The molecule has 0 unspecified atom stereocenters. The molecule has 2 aromatic rings. The van der Waals surface area contributed by atoms with Gasteiger partial charge in [0.05, 0.1) is 17.2 Å². The van der Waals surface area contributed by atoms with E-state index in [1.54, 1.807) is 17.1 Å². The number of thiazole rings is 1. The Morgan fingerprint density at radius 2 is 2.03 bits per heavy atom. The normalized spacial score (nSPS) is 21.1. The number of nitrogens with one attached hydrogen (secondary N) is 1. The van der Waals surface area contributed by atoms with Gasteiger partial charge in [0.25, 0.3) is 5.91 Å². The highest BCUT2D eigenvalue weighted by Crippen LogP contribution is 2.31. The molecule has 0 spiro atoms. The first-order valence-corrected chi connectivity index (χ1v) is 11.5. The summed E-state index contributed by atoms with van der Waals surface area (Å²) in [5.74, 6) is 0.741. The summed E-state index contributed by atoms with van der Waals surface area (Å²) in [4.78, 5) is 36.2. The van der Waals surface area contributed by atoms with E-state index in [4.69, 9.17) is 0 Å². The van der Waals surface area contributed by atoms with Gasteiger partial charge in [-0.15, -0.1) is 11.3 Å². The second-order valence-electron chi connectivity index (χ2n) is 8.18. The predicted octanol–water partition coefficient (Wildman–Crippen LogP) is 3.83. The number of nitrogens with zero attached hydrogens (tertiary/aromatic N) is 3. The van der Waals surface area contributed by atoms with Crippen LogP contribution in [-0.4, -0.2) is 39.8 Å². The summed E-state index contributed by atoms with van der Waals surface area (Å²) < 4.78 is 0. The first kappa shape index (κ1) is 20.0. The van der Waals surface area contributed by atoms with Gasteiger partial charge in [-0.2, -0.15) is 0 Å². The van der Waals surface area contributed by atoms with Crippen molar-refractivity contribution in [2.75, 3.05) is 13.1 Å². The molecule has 1 saturated heterocycles. The van der Waals surface area contributed by atoms with Crippen LogP contribution in [0.4, 0.5) is 0 Å². The second-order valence-corrected chi connectivity index (χ2v) is 8.90. The van der Waals surface area contributed by atoms with Crippen molar-refractivity contribution in [3.8, 4) is 0 Å². The van der Waals surface area contributed by atoms with Crippen LogP contribution >= 0.6 is 11.3 Å². The van der Waals surface area contributed by atoms with Crippen molar-refractivity contribution in [1.82, 2.24) is 20.2 Å². The van der Waals surface area contributed by atoms with E-state index in [0.717, 1.165) is 37.9 Å². The number of carbonyl (C=O) groups excluding carboxylic acids is 2. The Morgan fingerprint density at radius 3 is 2.76 bits per heavy atom. The summed E-state index contributed by atoms with van der Waals surface area (Å²) in [6, 6.07) is 5.65. The lowest BCUT2D eigenvalue weighted by atomic mass is 9.88. The van der Waals surface area contributed by atoms with Gasteiger partial charge in [0.2, 0.25) is 5.91 Å². The molecule has 1 N–H and O–H groups in total. The van der Waals surface area contributed by atoms with E-state index in [-0.39, 0.29) is 23.8 Å². The molecule has 29 heavy (non-hydrogen) atoms. The third-order valence-corrected chi connectivity index (χ3v) is 6.73. The molecule has 2 aliphatic rings. The van der Waals surface area contributed by atoms with Crippen molar-refractivity contribution in [3.05, 3.63) is 46.7 Å². The number of carbonyl (C=O) groups is 2. The minimum absolute atomic E-state index is 0.0204. The monoisotopic (exact) mass is 412 g/mol. The standard InChI is InChI=1S/C22H28N4O2S/c27-20(12-16-6-1-2-7-16)25-21(18-9-3-4-10-23-18)17-8-5-11-26(13-17)22(28)19-14-29-15-24-19/h3-4,9-10,14-17,21H,1-2,5-8,11-13H2,(H,25,27)/t17-,21-/m0/s1. The molecule has 6 nitrogen and oxygen atoms in total. The molecule has 4 rings (SSSR count). The zero-order chi connectivity index (χ0) is 20.1. The van der Waals surface area contributed by atoms with Crippen LogP contribution in [0.15, 0.2) is 35.3 Å². The SMILES string of the molecule is O=C(CC1CCCC1)N[C@H](c1ccccn1)[C@H]1CCCN(C(=O)c2cscn2)C1. The summed E-state index contributed by atoms with van der Waals surface area (Å²) in [6.45, 7) is 1.35. The minimum Gasteiger partial charge on any atom is -0.347 e. The van der Waals surface area contributed by atoms with Crippen LogP contribution in [-0.2, 0) is 4.79 Å². The first-order valence-electron chi connectivity index (χ1n) is 10.6. The van der Waals surface area contributed by atoms with Gasteiger partial charge in [0.15, 0.2) is 0 Å². The molecular weight excluding hydrogens is 384 g/mol. The number of pyridine rings is 1. The molecule has 2 fully saturated rings. The van der Waals surface area contributed by atoms with Crippen molar-refractivity contribution in [3.63, 3.8) is 0 Å². The van der Waals surface area contributed by atoms with Gasteiger partial charge in [-0.3, -0.25) is 14.6 Å². The maximum Gasteiger partial charge on any atom is 0.273 e. The van der Waals surface area contributed by atoms with Crippen LogP contribution in [0.1, 0.15) is 67.2 Å². The summed E-state index contributed by atoms with van der Waals surface area (Å²) in [5.41, 5.74) is 3.07. The average molecular weight is 413 g/mol. The molecule has 154 valence electrons. The Balaban J connectivity index is 1.47. The van der Waals surface area contributed by atoms with E-state index in [2.05, 4.69) is 15.3 Å². The van der Waals surface area contributed by atoms with Crippen LogP contribution in [0.2, 0.25) is 0 Å². The smallest absolute Gasteiger partial charge is 0.273 e. The molecule has 0 aromatic carbocycles. The lowest BCUT2D eigenvalue weighted by Gasteiger charge is -2.37. The maximum absolute atomic E-state index is 12.8. The fourth-order valence-corrected chi connectivity index (χ4v) is 5.17. The van der Waals surface area contributed by atoms with Crippen LogP contribution < -0.4 is 5.32 Å². The van der Waals surface area contributed by atoms with Crippen molar-refractivity contribution >= 4 is 23.2 Å². The number of rotatable bonds is 6. The number of likely N-dealkylation sites (tertiary alicyclic amines) is 1. The predicted molar refractivity (Wildman–Crippen MR) is 112 cm³/mol. The molecule has 2 amide bonds. The van der Waals surface area contributed by atoms with Gasteiger partial charge in [0, 0.05) is 37.0 Å². The Kier molecular flexibility index (Phi) is 6.54. The third kappa shape index (κ3) is 5.01. The van der Waals surface area contributed by atoms with Crippen LogP contribution in [0.5, 0.6) is 0 Å². The lowest BCUT2D eigenvalue weighted by Crippen LogP contribution is -2.45. The summed E-state index contributed by atoms with van der Waals surface area (Å²) in [7, 11) is 0. The third-order valence-electron chi connectivity index (χ3n) is 6.14.